The molecule has 202 valence electrons. The summed E-state index contributed by atoms with van der Waals surface area (Å²) in [6.07, 6.45) is 2.94. The van der Waals surface area contributed by atoms with Gasteiger partial charge in [0.15, 0.2) is 13.2 Å². The summed E-state index contributed by atoms with van der Waals surface area (Å²) in [5.74, 6) is -3.32. The van der Waals surface area contributed by atoms with E-state index in [-0.39, 0.29) is 30.8 Å². The first-order valence-electron chi connectivity index (χ1n) is 11.7. The Morgan fingerprint density at radius 3 is 2.00 bits per heavy atom. The van der Waals surface area contributed by atoms with Crippen molar-refractivity contribution in [1.82, 2.24) is 9.80 Å². The average molecular weight is 513 g/mol. The molecule has 1 unspecified atom stereocenters. The van der Waals surface area contributed by atoms with E-state index in [2.05, 4.69) is 6.92 Å². The van der Waals surface area contributed by atoms with Crippen molar-refractivity contribution in [1.29, 1.82) is 0 Å². The number of likely N-dealkylation sites (N-methyl/N-ethyl adjacent to an activating group) is 2. The molecule has 0 aliphatic rings. The Kier molecular flexibility index (Phi) is 13.1. The number of unbranched alkanes of at least 4 members (excludes halogenated alkanes) is 1. The summed E-state index contributed by atoms with van der Waals surface area (Å²) in [5, 5.41) is 0. The Bertz CT molecular complexity index is 911. The van der Waals surface area contributed by atoms with E-state index >= 15 is 0 Å². The van der Waals surface area contributed by atoms with E-state index in [9.17, 15) is 24.0 Å². The number of esters is 3. The summed E-state index contributed by atoms with van der Waals surface area (Å²) in [6.45, 7) is 3.91. The van der Waals surface area contributed by atoms with Gasteiger partial charge in [-0.15, -0.1) is 0 Å². The van der Waals surface area contributed by atoms with E-state index in [1.807, 2.05) is 6.92 Å². The summed E-state index contributed by atoms with van der Waals surface area (Å²) < 4.78 is 25.3. The highest BCUT2D eigenvalue weighted by molar-refractivity contribution is 5.90. The molecule has 0 N–H and O–H groups in total. The monoisotopic (exact) mass is 512 g/mol. The van der Waals surface area contributed by atoms with Crippen LogP contribution in [0, 0.1) is 0 Å². The second kappa shape index (κ2) is 15.4. The van der Waals surface area contributed by atoms with Gasteiger partial charge in [-0.25, -0.2) is 4.79 Å². The quantitative estimate of drug-likeness (QED) is 0.252. The molecule has 36 heavy (non-hydrogen) atoms. The first-order chi connectivity index (χ1) is 17.0. The minimum Gasteiger partial charge on any atom is -0.468 e. The molecule has 12 nitrogen and oxygen atoms in total. The van der Waals surface area contributed by atoms with Gasteiger partial charge in [0.1, 0.15) is 13.1 Å². The molecule has 1 aromatic rings. The lowest BCUT2D eigenvalue weighted by molar-refractivity contribution is -0.156. The molecule has 2 amide bonds. The summed E-state index contributed by atoms with van der Waals surface area (Å²) in [5.41, 5.74) is 0.742. The fourth-order valence-corrected chi connectivity index (χ4v) is 3.03. The molecule has 0 spiro atoms. The van der Waals surface area contributed by atoms with Gasteiger partial charge in [-0.3, -0.25) is 19.2 Å². The molecule has 0 aliphatic carbocycles. The first-order valence-corrected chi connectivity index (χ1v) is 11.7. The number of nitrogens with zero attached hydrogens (tertiary/aromatic N) is 2. The Morgan fingerprint density at radius 1 is 0.917 bits per heavy atom. The number of carbonyl (C=O) groups excluding carboxylic acids is 5. The van der Waals surface area contributed by atoms with E-state index in [0.29, 0.717) is 0 Å². The topological polar surface area (TPSA) is 142 Å². The van der Waals surface area contributed by atoms with E-state index < -0.39 is 49.5 Å². The van der Waals surface area contributed by atoms with Crippen molar-refractivity contribution in [3.05, 3.63) is 17.4 Å². The molecule has 1 heterocycles. The standard InChI is InChI=1S/C24H36N2O10/c1-7-9-10-16(3)17-11-18(36-24(17)32-6)23(31)35-15-20(28)26(5)13-22(30)34-14-19(27)25(4)12-21(29)33-8-2/h11,16H,7-10,12-15H2,1-6H3. The summed E-state index contributed by atoms with van der Waals surface area (Å²) in [6, 6.07) is 1.54. The third kappa shape index (κ3) is 9.96. The molecule has 12 heteroatoms. The molecule has 1 atom stereocenters. The van der Waals surface area contributed by atoms with Crippen LogP contribution < -0.4 is 4.74 Å². The maximum atomic E-state index is 12.4. The summed E-state index contributed by atoms with van der Waals surface area (Å²) in [7, 11) is 4.11. The zero-order valence-electron chi connectivity index (χ0n) is 21.8. The van der Waals surface area contributed by atoms with Crippen LogP contribution in [0.4, 0.5) is 0 Å². The van der Waals surface area contributed by atoms with Crippen LogP contribution in [0.1, 0.15) is 62.1 Å². The number of hydrogen-bond acceptors (Lipinski definition) is 10. The number of furan rings is 1. The molecule has 1 aromatic heterocycles. The van der Waals surface area contributed by atoms with Crippen molar-refractivity contribution in [2.45, 2.75) is 46.0 Å². The minimum atomic E-state index is -0.850. The third-order valence-corrected chi connectivity index (χ3v) is 5.21. The Labute approximate surface area is 210 Å². The van der Waals surface area contributed by atoms with E-state index in [4.69, 9.17) is 23.4 Å². The van der Waals surface area contributed by atoms with Gasteiger partial charge in [0.25, 0.3) is 17.8 Å². The van der Waals surface area contributed by atoms with Crippen LogP contribution in [0.2, 0.25) is 0 Å². The number of rotatable bonds is 15. The Hall–Kier alpha value is -3.57. The second-order valence-corrected chi connectivity index (χ2v) is 8.14. The summed E-state index contributed by atoms with van der Waals surface area (Å²) >= 11 is 0. The highest BCUT2D eigenvalue weighted by atomic mass is 16.6. The van der Waals surface area contributed by atoms with Crippen LogP contribution in [0.15, 0.2) is 10.5 Å². The number of methoxy groups -OCH3 is 1. The maximum Gasteiger partial charge on any atom is 0.374 e. The van der Waals surface area contributed by atoms with Crippen molar-refractivity contribution in [2.75, 3.05) is 54.1 Å². The predicted octanol–water partition coefficient (Wildman–Crippen LogP) is 1.76. The predicted molar refractivity (Wildman–Crippen MR) is 126 cm³/mol. The van der Waals surface area contributed by atoms with Crippen LogP contribution in [-0.2, 0) is 33.4 Å². The largest absolute Gasteiger partial charge is 0.468 e. The zero-order chi connectivity index (χ0) is 27.3. The number of hydrogen-bond donors (Lipinski definition) is 0. The number of carbonyl (C=O) groups is 5. The van der Waals surface area contributed by atoms with Gasteiger partial charge in [0.2, 0.25) is 5.76 Å². The Balaban J connectivity index is 2.51. The lowest BCUT2D eigenvalue weighted by atomic mass is 9.97. The minimum absolute atomic E-state index is 0.0921. The molecule has 0 bridgehead atoms. The van der Waals surface area contributed by atoms with Gasteiger partial charge in [-0.1, -0.05) is 26.7 Å². The SMILES string of the molecule is CCCCC(C)c1cc(C(=O)OCC(=O)N(C)CC(=O)OCC(=O)N(C)CC(=O)OCC)oc1OC. The van der Waals surface area contributed by atoms with E-state index in [1.165, 1.54) is 21.2 Å². The fraction of sp³-hybridized carbons (Fsp3) is 0.625. The number of amides is 2. The van der Waals surface area contributed by atoms with E-state index in [1.54, 1.807) is 13.0 Å². The van der Waals surface area contributed by atoms with Crippen LogP contribution >= 0.6 is 0 Å². The highest BCUT2D eigenvalue weighted by Crippen LogP contribution is 2.33. The van der Waals surface area contributed by atoms with Crippen LogP contribution in [0.5, 0.6) is 5.95 Å². The van der Waals surface area contributed by atoms with Crippen LogP contribution in [0.3, 0.4) is 0 Å². The average Bonchev–Trinajstić information content (AvgIpc) is 3.28. The molecule has 0 fully saturated rings. The smallest absolute Gasteiger partial charge is 0.374 e. The normalized spacial score (nSPS) is 11.3. The lowest BCUT2D eigenvalue weighted by Gasteiger charge is -2.18. The molecule has 1 rings (SSSR count). The van der Waals surface area contributed by atoms with Crippen molar-refractivity contribution >= 4 is 29.7 Å². The van der Waals surface area contributed by atoms with Gasteiger partial charge >= 0.3 is 17.9 Å². The first kappa shape index (κ1) is 30.5. The number of ether oxygens (including phenoxy) is 4. The molecular weight excluding hydrogens is 476 g/mol. The van der Waals surface area contributed by atoms with Gasteiger partial charge in [0, 0.05) is 19.7 Å². The van der Waals surface area contributed by atoms with Crippen LogP contribution in [0.25, 0.3) is 0 Å². The zero-order valence-corrected chi connectivity index (χ0v) is 21.8. The van der Waals surface area contributed by atoms with Crippen molar-refractivity contribution in [2.24, 2.45) is 0 Å². The molecular formula is C24H36N2O10. The van der Waals surface area contributed by atoms with Gasteiger partial charge < -0.3 is 33.2 Å². The second-order valence-electron chi connectivity index (χ2n) is 8.14. The Morgan fingerprint density at radius 2 is 1.47 bits per heavy atom. The van der Waals surface area contributed by atoms with Crippen molar-refractivity contribution < 1.29 is 47.3 Å². The van der Waals surface area contributed by atoms with E-state index in [0.717, 1.165) is 34.6 Å². The lowest BCUT2D eigenvalue weighted by Crippen LogP contribution is -2.39. The molecule has 0 radical (unpaired) electrons. The highest BCUT2D eigenvalue weighted by Gasteiger charge is 2.24. The molecule has 0 saturated carbocycles. The third-order valence-electron chi connectivity index (χ3n) is 5.21. The van der Waals surface area contributed by atoms with Gasteiger partial charge in [0.05, 0.1) is 13.7 Å². The summed E-state index contributed by atoms with van der Waals surface area (Å²) in [4.78, 5) is 62.0. The van der Waals surface area contributed by atoms with Gasteiger partial charge in [-0.05, 0) is 25.3 Å². The fourth-order valence-electron chi connectivity index (χ4n) is 3.03. The van der Waals surface area contributed by atoms with Crippen molar-refractivity contribution in [3.63, 3.8) is 0 Å². The van der Waals surface area contributed by atoms with Crippen molar-refractivity contribution in [3.8, 4) is 5.95 Å². The maximum absolute atomic E-state index is 12.4. The molecule has 0 aliphatic heterocycles. The molecule has 0 saturated heterocycles. The molecule has 0 aromatic carbocycles. The van der Waals surface area contributed by atoms with Gasteiger partial charge in [-0.2, -0.15) is 0 Å². The van der Waals surface area contributed by atoms with Crippen LogP contribution in [-0.4, -0.2) is 93.6 Å².